The second-order valence-electron chi connectivity index (χ2n) is 8.13. The number of rotatable bonds is 3. The van der Waals surface area contributed by atoms with Crippen LogP contribution in [0.5, 0.6) is 0 Å². The fraction of sp³-hybridized carbons (Fsp3) is 0.600. The van der Waals surface area contributed by atoms with Gasteiger partial charge in [0.15, 0.2) is 18.8 Å². The summed E-state index contributed by atoms with van der Waals surface area (Å²) in [7, 11) is 0. The number of carbonyl (C=O) groups is 1. The maximum atomic E-state index is 11.6. The average Bonchev–Trinajstić information content (AvgIpc) is 3.09. The van der Waals surface area contributed by atoms with Crippen LogP contribution < -0.4 is 0 Å². The average molecular weight is 358 g/mol. The second kappa shape index (κ2) is 6.15. The van der Waals surface area contributed by atoms with E-state index in [2.05, 4.69) is 5.10 Å². The highest BCUT2D eigenvalue weighted by atomic mass is 16.7. The third-order valence-corrected chi connectivity index (χ3v) is 5.82. The molecule has 6 heteroatoms. The van der Waals surface area contributed by atoms with Crippen molar-refractivity contribution in [2.75, 3.05) is 6.61 Å². The summed E-state index contributed by atoms with van der Waals surface area (Å²) in [6.45, 7) is 8.84. The van der Waals surface area contributed by atoms with Gasteiger partial charge in [-0.05, 0) is 59.1 Å². The number of carbonyl (C=O) groups excluding carboxylic acids is 1. The van der Waals surface area contributed by atoms with E-state index in [9.17, 15) is 4.79 Å². The number of hydrogen-bond donors (Lipinski definition) is 0. The fourth-order valence-electron chi connectivity index (χ4n) is 3.53. The van der Waals surface area contributed by atoms with Crippen LogP contribution in [0.2, 0.25) is 0 Å². The first-order valence-electron chi connectivity index (χ1n) is 9.27. The van der Waals surface area contributed by atoms with Gasteiger partial charge in [-0.15, -0.1) is 0 Å². The quantitative estimate of drug-likeness (QED) is 0.771. The molecule has 3 heterocycles. The Morgan fingerprint density at radius 3 is 2.50 bits per heavy atom. The summed E-state index contributed by atoms with van der Waals surface area (Å²) in [5.74, 6) is 0. The number of benzene rings is 1. The minimum atomic E-state index is -0.460. The van der Waals surface area contributed by atoms with Gasteiger partial charge < -0.3 is 14.2 Å². The predicted molar refractivity (Wildman–Crippen MR) is 97.0 cm³/mol. The monoisotopic (exact) mass is 358 g/mol. The van der Waals surface area contributed by atoms with Crippen molar-refractivity contribution in [3.05, 3.63) is 29.5 Å². The van der Waals surface area contributed by atoms with Gasteiger partial charge >= 0.3 is 0 Å². The second-order valence-corrected chi connectivity index (χ2v) is 8.13. The van der Waals surface area contributed by atoms with Crippen LogP contribution in [0, 0.1) is 0 Å². The molecule has 1 unspecified atom stereocenters. The minimum absolute atomic E-state index is 0.109. The largest absolute Gasteiger partial charge is 0.356 e. The van der Waals surface area contributed by atoms with Gasteiger partial charge in [0.25, 0.3) is 0 Å². The molecule has 1 aromatic carbocycles. The van der Waals surface area contributed by atoms with E-state index in [1.165, 1.54) is 0 Å². The number of aromatic nitrogens is 2. The van der Waals surface area contributed by atoms with Gasteiger partial charge in [-0.3, -0.25) is 4.79 Å². The van der Waals surface area contributed by atoms with Crippen molar-refractivity contribution in [1.29, 1.82) is 0 Å². The molecule has 0 spiro atoms. The van der Waals surface area contributed by atoms with E-state index in [0.717, 1.165) is 48.6 Å². The molecule has 0 N–H and O–H groups in total. The summed E-state index contributed by atoms with van der Waals surface area (Å²) in [6.07, 6.45) is 3.32. The van der Waals surface area contributed by atoms with E-state index in [1.807, 2.05) is 50.6 Å². The molecule has 0 radical (unpaired) electrons. The van der Waals surface area contributed by atoms with Gasteiger partial charge in [-0.25, -0.2) is 4.68 Å². The van der Waals surface area contributed by atoms with E-state index in [4.69, 9.17) is 14.2 Å². The SMILES string of the molecule is CC1(C)OC(c2ccc3c(c2)c(C=O)nn3C2CCCCO2)OC1(C)C. The van der Waals surface area contributed by atoms with Gasteiger partial charge in [0.05, 0.1) is 16.7 Å². The molecule has 26 heavy (non-hydrogen) atoms. The van der Waals surface area contributed by atoms with Gasteiger partial charge in [-0.1, -0.05) is 6.07 Å². The molecule has 0 saturated carbocycles. The van der Waals surface area contributed by atoms with Crippen LogP contribution in [0.1, 0.15) is 75.5 Å². The van der Waals surface area contributed by atoms with Crippen LogP contribution >= 0.6 is 0 Å². The zero-order chi connectivity index (χ0) is 18.5. The van der Waals surface area contributed by atoms with Crippen LogP contribution in [0.25, 0.3) is 10.9 Å². The van der Waals surface area contributed by atoms with Crippen molar-refractivity contribution in [2.45, 2.75) is 70.7 Å². The molecular weight excluding hydrogens is 332 g/mol. The summed E-state index contributed by atoms with van der Waals surface area (Å²) >= 11 is 0. The van der Waals surface area contributed by atoms with Crippen molar-refractivity contribution in [3.8, 4) is 0 Å². The Kier molecular flexibility index (Phi) is 4.17. The molecule has 2 aliphatic heterocycles. The van der Waals surface area contributed by atoms with Crippen LogP contribution in [0.4, 0.5) is 0 Å². The lowest BCUT2D eigenvalue weighted by molar-refractivity contribution is -0.0894. The molecule has 0 amide bonds. The lowest BCUT2D eigenvalue weighted by Gasteiger charge is -2.30. The topological polar surface area (TPSA) is 62.6 Å². The number of hydrogen-bond acceptors (Lipinski definition) is 5. The molecule has 1 atom stereocenters. The van der Waals surface area contributed by atoms with Gasteiger partial charge in [0, 0.05) is 17.6 Å². The highest BCUT2D eigenvalue weighted by Crippen LogP contribution is 2.45. The maximum absolute atomic E-state index is 11.6. The van der Waals surface area contributed by atoms with Crippen molar-refractivity contribution in [3.63, 3.8) is 0 Å². The highest BCUT2D eigenvalue weighted by Gasteiger charge is 2.49. The first-order valence-corrected chi connectivity index (χ1v) is 9.27. The first-order chi connectivity index (χ1) is 12.3. The van der Waals surface area contributed by atoms with Gasteiger partial charge in [-0.2, -0.15) is 5.10 Å². The third kappa shape index (κ3) is 2.76. The van der Waals surface area contributed by atoms with Crippen LogP contribution in [-0.4, -0.2) is 33.9 Å². The van der Waals surface area contributed by atoms with Crippen molar-refractivity contribution in [2.24, 2.45) is 0 Å². The van der Waals surface area contributed by atoms with Crippen molar-refractivity contribution in [1.82, 2.24) is 9.78 Å². The van der Waals surface area contributed by atoms with Crippen LogP contribution in [-0.2, 0) is 14.2 Å². The van der Waals surface area contributed by atoms with Crippen molar-refractivity contribution >= 4 is 17.2 Å². The Morgan fingerprint density at radius 1 is 1.15 bits per heavy atom. The lowest BCUT2D eigenvalue weighted by Crippen LogP contribution is -2.41. The number of ether oxygens (including phenoxy) is 3. The summed E-state index contributed by atoms with van der Waals surface area (Å²) in [4.78, 5) is 11.6. The molecule has 140 valence electrons. The Bertz CT molecular complexity index is 818. The molecule has 2 saturated heterocycles. The maximum Gasteiger partial charge on any atom is 0.185 e. The molecule has 2 aliphatic rings. The van der Waals surface area contributed by atoms with Crippen LogP contribution in [0.15, 0.2) is 18.2 Å². The van der Waals surface area contributed by atoms with Gasteiger partial charge in [0.2, 0.25) is 0 Å². The molecule has 2 fully saturated rings. The highest BCUT2D eigenvalue weighted by molar-refractivity contribution is 5.95. The molecule has 0 aliphatic carbocycles. The van der Waals surface area contributed by atoms with Gasteiger partial charge in [0.1, 0.15) is 5.69 Å². The Balaban J connectivity index is 1.73. The zero-order valence-electron chi connectivity index (χ0n) is 15.8. The number of aldehydes is 1. The molecule has 6 nitrogen and oxygen atoms in total. The van der Waals surface area contributed by atoms with E-state index >= 15 is 0 Å². The lowest BCUT2D eigenvalue weighted by atomic mass is 9.90. The van der Waals surface area contributed by atoms with E-state index in [-0.39, 0.29) is 6.23 Å². The first kappa shape index (κ1) is 17.6. The minimum Gasteiger partial charge on any atom is -0.356 e. The summed E-state index contributed by atoms with van der Waals surface area (Å²) in [5, 5.41) is 5.31. The Hall–Kier alpha value is -1.76. The van der Waals surface area contributed by atoms with E-state index in [1.54, 1.807) is 0 Å². The molecule has 4 rings (SSSR count). The Labute approximate surface area is 153 Å². The number of nitrogens with zero attached hydrogens (tertiary/aromatic N) is 2. The van der Waals surface area contributed by atoms with Crippen LogP contribution in [0.3, 0.4) is 0 Å². The molecule has 1 aromatic heterocycles. The molecule has 2 aromatic rings. The summed E-state index contributed by atoms with van der Waals surface area (Å²) in [5.41, 5.74) is 1.41. The number of fused-ring (bicyclic) bond motifs is 1. The normalized spacial score (nSPS) is 25.6. The standard InChI is InChI=1S/C20H26N2O4/c1-19(2)20(3,4)26-18(25-19)13-8-9-16-14(11-13)15(12-23)21-22(16)17-7-5-6-10-24-17/h8-9,11-12,17-18H,5-7,10H2,1-4H3. The van der Waals surface area contributed by atoms with E-state index < -0.39 is 17.5 Å². The third-order valence-electron chi connectivity index (χ3n) is 5.82. The Morgan fingerprint density at radius 2 is 1.88 bits per heavy atom. The fourth-order valence-corrected chi connectivity index (χ4v) is 3.53. The predicted octanol–water partition coefficient (Wildman–Crippen LogP) is 4.15. The summed E-state index contributed by atoms with van der Waals surface area (Å²) < 4.78 is 20.0. The molecular formula is C20H26N2O4. The zero-order valence-corrected chi connectivity index (χ0v) is 15.8. The van der Waals surface area contributed by atoms with E-state index in [0.29, 0.717) is 5.69 Å². The smallest absolute Gasteiger partial charge is 0.185 e. The summed E-state index contributed by atoms with van der Waals surface area (Å²) in [6, 6.07) is 5.92. The molecule has 0 bridgehead atoms. The van der Waals surface area contributed by atoms with Crippen molar-refractivity contribution < 1.29 is 19.0 Å².